The molecule has 0 saturated carbocycles. The van der Waals surface area contributed by atoms with E-state index < -0.39 is 7.82 Å². The number of carbonyl (C=O) groups excluding carboxylic acids is 1. The summed E-state index contributed by atoms with van der Waals surface area (Å²) in [5, 5.41) is 0. The Hall–Kier alpha value is -0.0100. The Morgan fingerprint density at radius 3 is 1.82 bits per heavy atom. The minimum absolute atomic E-state index is 0. The van der Waals surface area contributed by atoms with Gasteiger partial charge in [-0.2, -0.15) is 7.82 Å². The molecule has 0 aliphatic rings. The van der Waals surface area contributed by atoms with Crippen LogP contribution < -0.4 is 27.1 Å². The summed E-state index contributed by atoms with van der Waals surface area (Å²) in [6, 6.07) is 0. The molecule has 0 amide bonds. The SMILES string of the molecule is CC(=O)COCC[N+](C)(C)C.O=P([O-])([O-])[O-].[Cl-]. The molecule has 0 aromatic heterocycles. The van der Waals surface area contributed by atoms with Crippen LogP contribution in [0.3, 0.4) is 0 Å². The van der Waals surface area contributed by atoms with E-state index in [9.17, 15) is 4.79 Å². The fourth-order valence-electron chi connectivity index (χ4n) is 0.554. The third-order valence-electron chi connectivity index (χ3n) is 1.21. The number of rotatable bonds is 5. The van der Waals surface area contributed by atoms with Crippen LogP contribution in [0.4, 0.5) is 0 Å². The van der Waals surface area contributed by atoms with Crippen molar-refractivity contribution in [2.75, 3.05) is 40.9 Å². The quantitative estimate of drug-likeness (QED) is 0.283. The molecule has 106 valence electrons. The lowest BCUT2D eigenvalue weighted by Gasteiger charge is -2.36. The number of hydrogen-bond donors (Lipinski definition) is 0. The number of ether oxygens (including phenoxy) is 1. The number of ketones is 1. The molecule has 0 aliphatic carbocycles. The fourth-order valence-corrected chi connectivity index (χ4v) is 0.554. The van der Waals surface area contributed by atoms with Crippen molar-refractivity contribution in [3.05, 3.63) is 0 Å². The Bertz CT molecular complexity index is 241. The third kappa shape index (κ3) is 49.0. The molecule has 0 heterocycles. The molecule has 0 atom stereocenters. The lowest BCUT2D eigenvalue weighted by Crippen LogP contribution is -3.00. The predicted molar refractivity (Wildman–Crippen MR) is 52.0 cm³/mol. The summed E-state index contributed by atoms with van der Waals surface area (Å²) in [6.45, 7) is 3.38. The number of hydrogen-bond acceptors (Lipinski definition) is 6. The summed E-state index contributed by atoms with van der Waals surface area (Å²) in [5.41, 5.74) is 0. The molecule has 0 radical (unpaired) electrons. The molecule has 0 aromatic rings. The van der Waals surface area contributed by atoms with E-state index >= 15 is 0 Å². The highest BCUT2D eigenvalue weighted by atomic mass is 35.5. The first-order chi connectivity index (χ1) is 6.92. The van der Waals surface area contributed by atoms with Gasteiger partial charge in [-0.25, -0.2) is 0 Å². The largest absolute Gasteiger partial charge is 1.00 e. The molecule has 9 heteroatoms. The highest BCUT2D eigenvalue weighted by Gasteiger charge is 2.05. The van der Waals surface area contributed by atoms with Gasteiger partial charge < -0.3 is 40.9 Å². The fraction of sp³-hybridized carbons (Fsp3) is 0.875. The molecular weight excluding hydrogens is 273 g/mol. The summed E-state index contributed by atoms with van der Waals surface area (Å²) in [7, 11) is 0.894. The van der Waals surface area contributed by atoms with E-state index in [2.05, 4.69) is 21.1 Å². The third-order valence-corrected chi connectivity index (χ3v) is 1.21. The average Bonchev–Trinajstić information content (AvgIpc) is 1.92. The van der Waals surface area contributed by atoms with E-state index in [-0.39, 0.29) is 24.8 Å². The summed E-state index contributed by atoms with van der Waals surface area (Å²) >= 11 is 0. The Morgan fingerprint density at radius 2 is 1.59 bits per heavy atom. The topological polar surface area (TPSA) is 113 Å². The first-order valence-corrected chi connectivity index (χ1v) is 5.98. The highest BCUT2D eigenvalue weighted by molar-refractivity contribution is 7.40. The zero-order valence-corrected chi connectivity index (χ0v) is 12.0. The van der Waals surface area contributed by atoms with Crippen molar-refractivity contribution in [1.29, 1.82) is 0 Å². The van der Waals surface area contributed by atoms with E-state index in [1.54, 1.807) is 0 Å². The van der Waals surface area contributed by atoms with Gasteiger partial charge in [0.25, 0.3) is 0 Å². The van der Waals surface area contributed by atoms with Crippen molar-refractivity contribution >= 4 is 13.6 Å². The zero-order chi connectivity index (χ0) is 13.4. The second kappa shape index (κ2) is 9.96. The second-order valence-corrected chi connectivity index (χ2v) is 5.11. The first kappa shape index (κ1) is 22.2. The lowest BCUT2D eigenvalue weighted by molar-refractivity contribution is -0.870. The summed E-state index contributed by atoms with van der Waals surface area (Å²) in [4.78, 5) is 36.1. The zero-order valence-electron chi connectivity index (χ0n) is 10.3. The molecule has 7 nitrogen and oxygen atoms in total. The van der Waals surface area contributed by atoms with Gasteiger partial charge in [-0.05, 0) is 6.92 Å². The number of phosphoric acid groups is 1. The maximum Gasteiger partial charge on any atom is 0.155 e. The van der Waals surface area contributed by atoms with E-state index in [0.29, 0.717) is 6.61 Å². The number of quaternary nitrogens is 1. The summed E-state index contributed by atoms with van der Waals surface area (Å²) in [6.07, 6.45) is 0. The normalized spacial score (nSPS) is 11.0. The molecule has 0 bridgehead atoms. The van der Waals surface area contributed by atoms with Gasteiger partial charge in [0.15, 0.2) is 5.78 Å². The van der Waals surface area contributed by atoms with Gasteiger partial charge in [0, 0.05) is 0 Å². The molecule has 0 fully saturated rings. The summed E-state index contributed by atoms with van der Waals surface area (Å²) in [5.74, 6) is 0.0893. The van der Waals surface area contributed by atoms with Crippen molar-refractivity contribution in [3.63, 3.8) is 0 Å². The number of carbonyl (C=O) groups is 1. The van der Waals surface area contributed by atoms with E-state index in [1.165, 1.54) is 6.92 Å². The van der Waals surface area contributed by atoms with E-state index in [4.69, 9.17) is 24.0 Å². The predicted octanol–water partition coefficient (Wildman–Crippen LogP) is -5.52. The summed E-state index contributed by atoms with van der Waals surface area (Å²) < 4.78 is 14.5. The maximum atomic E-state index is 10.4. The standard InChI is InChI=1S/C8H18NO2.ClH.H3O4P/c1-8(10)7-11-6-5-9(2,3)4;;1-5(2,3)4/h5-7H2,1-4H3;1H;(H3,1,2,3,4)/q+1;;/p-4. The number of Topliss-reactive ketones (excluding diaryl/α,β-unsaturated/α-hetero) is 1. The van der Waals surface area contributed by atoms with Crippen molar-refractivity contribution in [1.82, 2.24) is 0 Å². The van der Waals surface area contributed by atoms with Crippen molar-refractivity contribution in [3.8, 4) is 0 Å². The Balaban J connectivity index is -0.000000280. The molecular formula is C8H18ClNO6P-3. The van der Waals surface area contributed by atoms with Crippen LogP contribution in [0.15, 0.2) is 0 Å². The molecule has 0 unspecified atom stereocenters. The first-order valence-electron chi connectivity index (χ1n) is 4.52. The molecule has 0 rings (SSSR count). The van der Waals surface area contributed by atoms with Gasteiger partial charge in [0.05, 0.1) is 27.7 Å². The lowest BCUT2D eigenvalue weighted by atomic mass is 10.5. The second-order valence-electron chi connectivity index (χ2n) is 4.22. The average molecular weight is 291 g/mol. The number of likely N-dealkylation sites (N-methyl/N-ethyl adjacent to an activating group) is 1. The molecule has 0 saturated heterocycles. The minimum atomic E-state index is -5.39. The molecule has 0 aromatic carbocycles. The maximum absolute atomic E-state index is 10.4. The van der Waals surface area contributed by atoms with Crippen molar-refractivity contribution < 1.29 is 45.7 Å². The van der Waals surface area contributed by atoms with Gasteiger partial charge in [-0.1, -0.05) is 0 Å². The van der Waals surface area contributed by atoms with Gasteiger partial charge in [0.2, 0.25) is 0 Å². The number of nitrogens with zero attached hydrogens (tertiary/aromatic N) is 1. The van der Waals surface area contributed by atoms with E-state index in [1.807, 2.05) is 0 Å². The van der Waals surface area contributed by atoms with Gasteiger partial charge in [0.1, 0.15) is 13.2 Å². The van der Waals surface area contributed by atoms with Crippen LogP contribution in [-0.4, -0.2) is 51.2 Å². The molecule has 0 N–H and O–H groups in total. The van der Waals surface area contributed by atoms with Crippen LogP contribution in [0.25, 0.3) is 0 Å². The Morgan fingerprint density at radius 1 is 1.24 bits per heavy atom. The minimum Gasteiger partial charge on any atom is -1.00 e. The van der Waals surface area contributed by atoms with Crippen LogP contribution in [0, 0.1) is 0 Å². The van der Waals surface area contributed by atoms with E-state index in [0.717, 1.165) is 11.0 Å². The van der Waals surface area contributed by atoms with Gasteiger partial charge in [-0.3, -0.25) is 4.79 Å². The van der Waals surface area contributed by atoms with Crippen LogP contribution in [0.2, 0.25) is 0 Å². The number of halogens is 1. The van der Waals surface area contributed by atoms with Crippen LogP contribution in [0.5, 0.6) is 0 Å². The Labute approximate surface area is 108 Å². The van der Waals surface area contributed by atoms with Gasteiger partial charge >= 0.3 is 0 Å². The Kier molecular flexibility index (Phi) is 13.0. The highest BCUT2D eigenvalue weighted by Crippen LogP contribution is 2.03. The van der Waals surface area contributed by atoms with Gasteiger partial charge in [-0.15, -0.1) is 0 Å². The smallest absolute Gasteiger partial charge is 0.155 e. The molecule has 17 heavy (non-hydrogen) atoms. The molecule has 0 aliphatic heterocycles. The van der Waals surface area contributed by atoms with Crippen LogP contribution >= 0.6 is 7.82 Å². The van der Waals surface area contributed by atoms with Crippen LogP contribution in [-0.2, 0) is 14.1 Å². The van der Waals surface area contributed by atoms with Crippen molar-refractivity contribution in [2.45, 2.75) is 6.92 Å². The van der Waals surface area contributed by atoms with Crippen molar-refractivity contribution in [2.24, 2.45) is 0 Å². The monoisotopic (exact) mass is 290 g/mol. The molecule has 0 spiro atoms. The van der Waals surface area contributed by atoms with Crippen LogP contribution in [0.1, 0.15) is 6.92 Å².